The molecule has 1 saturated carbocycles. The molecule has 0 saturated heterocycles. The summed E-state index contributed by atoms with van der Waals surface area (Å²) in [5.41, 5.74) is 1.91. The smallest absolute Gasteiger partial charge is 0.326 e. The summed E-state index contributed by atoms with van der Waals surface area (Å²) in [6, 6.07) is -0.933. The highest BCUT2D eigenvalue weighted by Gasteiger charge is 2.41. The van der Waals surface area contributed by atoms with Crippen LogP contribution in [0, 0.1) is 24.2 Å². The summed E-state index contributed by atoms with van der Waals surface area (Å²) in [7, 11) is 0. The third-order valence-corrected chi connectivity index (χ3v) is 8.79. The van der Waals surface area contributed by atoms with Crippen LogP contribution in [0.15, 0.2) is 28.8 Å². The van der Waals surface area contributed by atoms with E-state index in [4.69, 9.17) is 11.6 Å². The molecule has 220 valence electrons. The van der Waals surface area contributed by atoms with Crippen LogP contribution in [0.3, 0.4) is 0 Å². The molecule has 4 N–H and O–H groups in total. The average Bonchev–Trinajstić information content (AvgIpc) is 2.90. The van der Waals surface area contributed by atoms with Gasteiger partial charge in [-0.2, -0.15) is 0 Å². The Hall–Kier alpha value is -3.13. The fourth-order valence-corrected chi connectivity index (χ4v) is 5.27. The number of aliphatic imine (C=N–C) groups is 1. The maximum atomic E-state index is 12.3. The molecule has 4 atom stereocenters. The van der Waals surface area contributed by atoms with Crippen molar-refractivity contribution in [3.63, 3.8) is 0 Å². The molecule has 0 bridgehead atoms. The lowest BCUT2D eigenvalue weighted by molar-refractivity contribution is -0.141. The minimum absolute atomic E-state index is 0.0538. The van der Waals surface area contributed by atoms with Gasteiger partial charge in [-0.05, 0) is 62.8 Å². The third-order valence-electron chi connectivity index (χ3n) is 8.33. The lowest BCUT2D eigenvalue weighted by Crippen LogP contribution is -2.40. The summed E-state index contributed by atoms with van der Waals surface area (Å²) >= 11 is 6.39. The molecule has 2 rings (SSSR count). The standard InChI is InChI=1S/C31H43ClN2O6/c1-18(14-15-31(6)19(2)11-13-26(36)21(31)4)10-12-23-28(37)24(20(3)27(32)29(23)38)17-33-16-8-7-9-25(30(39)40)34-22(5)35/h10,14-15,17,19,21,25,37-38H,7-9,11-13,16H2,1-6H3,(H,34,35)(H,39,40)/b15-14+,18-10+,33-17-/t19-,21+,25+,31+/m1/s1. The number of amides is 1. The van der Waals surface area contributed by atoms with Crippen molar-refractivity contribution >= 4 is 35.5 Å². The number of phenolic OH excluding ortho intramolecular Hbond substituents is 2. The first-order valence-electron chi connectivity index (χ1n) is 13.8. The lowest BCUT2D eigenvalue weighted by atomic mass is 9.61. The predicted molar refractivity (Wildman–Crippen MR) is 158 cm³/mol. The first kappa shape index (κ1) is 33.1. The Kier molecular flexibility index (Phi) is 12.0. The molecule has 1 aromatic rings. The van der Waals surface area contributed by atoms with Crippen molar-refractivity contribution in [2.45, 2.75) is 86.1 Å². The monoisotopic (exact) mass is 574 g/mol. The summed E-state index contributed by atoms with van der Waals surface area (Å²) in [4.78, 5) is 39.1. The molecule has 1 aliphatic rings. The number of ketones is 1. The molecular weight excluding hydrogens is 532 g/mol. The van der Waals surface area contributed by atoms with Crippen molar-refractivity contribution in [1.29, 1.82) is 0 Å². The van der Waals surface area contributed by atoms with E-state index >= 15 is 0 Å². The van der Waals surface area contributed by atoms with Crippen LogP contribution in [-0.4, -0.2) is 51.8 Å². The first-order valence-corrected chi connectivity index (χ1v) is 14.2. The second kappa shape index (κ2) is 14.5. The van der Waals surface area contributed by atoms with Gasteiger partial charge in [0.2, 0.25) is 5.91 Å². The number of rotatable bonds is 12. The number of aromatic hydroxyl groups is 2. The fraction of sp³-hybridized carbons (Fsp3) is 0.548. The van der Waals surface area contributed by atoms with Gasteiger partial charge in [0.05, 0.1) is 5.02 Å². The molecule has 0 aromatic heterocycles. The van der Waals surface area contributed by atoms with E-state index in [0.717, 1.165) is 12.0 Å². The van der Waals surface area contributed by atoms with Crippen LogP contribution in [0.5, 0.6) is 11.5 Å². The highest BCUT2D eigenvalue weighted by Crippen LogP contribution is 2.45. The number of Topliss-reactive ketones (excluding diaryl/α,β-unsaturated/α-hetero) is 1. The molecule has 0 radical (unpaired) electrons. The Morgan fingerprint density at radius 3 is 2.50 bits per heavy atom. The predicted octanol–water partition coefficient (Wildman–Crippen LogP) is 5.92. The highest BCUT2D eigenvalue weighted by molar-refractivity contribution is 6.33. The Morgan fingerprint density at radius 1 is 1.20 bits per heavy atom. The molecule has 0 unspecified atom stereocenters. The fourth-order valence-electron chi connectivity index (χ4n) is 5.05. The zero-order chi connectivity index (χ0) is 30.2. The Balaban J connectivity index is 2.12. The molecule has 0 heterocycles. The van der Waals surface area contributed by atoms with Gasteiger partial charge in [0, 0.05) is 43.1 Å². The average molecular weight is 575 g/mol. The summed E-state index contributed by atoms with van der Waals surface area (Å²) in [6.07, 6.45) is 10.7. The molecule has 0 spiro atoms. The molecule has 1 amide bonds. The number of nitrogens with zero attached hydrogens (tertiary/aromatic N) is 1. The number of nitrogens with one attached hydrogen (secondary N) is 1. The Bertz CT molecular complexity index is 1200. The van der Waals surface area contributed by atoms with Gasteiger partial charge < -0.3 is 20.6 Å². The van der Waals surface area contributed by atoms with Crippen LogP contribution in [0.2, 0.25) is 5.02 Å². The van der Waals surface area contributed by atoms with Crippen LogP contribution < -0.4 is 5.32 Å². The van der Waals surface area contributed by atoms with E-state index in [1.165, 1.54) is 13.1 Å². The maximum absolute atomic E-state index is 12.3. The minimum atomic E-state index is -1.08. The maximum Gasteiger partial charge on any atom is 0.326 e. The van der Waals surface area contributed by atoms with Crippen molar-refractivity contribution in [2.75, 3.05) is 6.54 Å². The summed E-state index contributed by atoms with van der Waals surface area (Å²) in [5, 5.41) is 33.4. The van der Waals surface area contributed by atoms with E-state index in [9.17, 15) is 29.7 Å². The third kappa shape index (κ3) is 8.19. The molecule has 8 nitrogen and oxygen atoms in total. The summed E-state index contributed by atoms with van der Waals surface area (Å²) in [6.45, 7) is 11.6. The van der Waals surface area contributed by atoms with Crippen molar-refractivity contribution in [1.82, 2.24) is 5.32 Å². The lowest BCUT2D eigenvalue weighted by Gasteiger charge is -2.42. The van der Waals surface area contributed by atoms with Gasteiger partial charge >= 0.3 is 5.97 Å². The second-order valence-corrected chi connectivity index (χ2v) is 11.5. The number of benzene rings is 1. The van der Waals surface area contributed by atoms with E-state index in [0.29, 0.717) is 54.2 Å². The molecule has 40 heavy (non-hydrogen) atoms. The van der Waals surface area contributed by atoms with Crippen LogP contribution in [0.4, 0.5) is 0 Å². The Labute approximate surface area is 242 Å². The van der Waals surface area contributed by atoms with Gasteiger partial charge in [-0.15, -0.1) is 0 Å². The minimum Gasteiger partial charge on any atom is -0.507 e. The van der Waals surface area contributed by atoms with Gasteiger partial charge in [0.25, 0.3) is 0 Å². The second-order valence-electron chi connectivity index (χ2n) is 11.1. The van der Waals surface area contributed by atoms with Crippen molar-refractivity contribution in [3.05, 3.63) is 45.5 Å². The normalized spacial score (nSPS) is 22.7. The quantitative estimate of drug-likeness (QED) is 0.139. The number of phenols is 2. The van der Waals surface area contributed by atoms with Crippen molar-refractivity contribution in [2.24, 2.45) is 22.2 Å². The molecule has 0 aliphatic heterocycles. The van der Waals surface area contributed by atoms with E-state index in [2.05, 4.69) is 30.2 Å². The SMILES string of the molecule is CC(=O)N[C@@H](CCCC/N=C\c1c(C)c(Cl)c(O)c(C/C=C(C)/C=C/[C@@]2(C)[C@H](C)CCC(=O)[C@@H]2C)c1O)C(=O)O. The zero-order valence-corrected chi connectivity index (χ0v) is 25.1. The van der Waals surface area contributed by atoms with E-state index in [-0.39, 0.29) is 40.7 Å². The number of hydrogen-bond donors (Lipinski definition) is 4. The number of unbranched alkanes of at least 4 members (excludes halogenated alkanes) is 1. The molecule has 1 aromatic carbocycles. The number of carboxylic acids is 1. The van der Waals surface area contributed by atoms with Gasteiger partial charge in [-0.25, -0.2) is 4.79 Å². The van der Waals surface area contributed by atoms with Crippen LogP contribution in [0.25, 0.3) is 0 Å². The number of halogens is 1. The topological polar surface area (TPSA) is 136 Å². The number of carboxylic acid groups (broad SMARTS) is 1. The number of hydrogen-bond acceptors (Lipinski definition) is 6. The molecule has 1 aliphatic carbocycles. The van der Waals surface area contributed by atoms with Gasteiger partial charge in [0.1, 0.15) is 23.3 Å². The number of carbonyl (C=O) groups excluding carboxylic acids is 2. The number of aliphatic carboxylic acids is 1. The molecule has 1 fully saturated rings. The Morgan fingerprint density at radius 2 is 1.88 bits per heavy atom. The number of carbonyl (C=O) groups is 3. The van der Waals surface area contributed by atoms with Crippen LogP contribution in [0.1, 0.15) is 83.4 Å². The van der Waals surface area contributed by atoms with E-state index in [1.807, 2.05) is 26.0 Å². The van der Waals surface area contributed by atoms with E-state index in [1.54, 1.807) is 6.92 Å². The summed E-state index contributed by atoms with van der Waals surface area (Å²) in [5.74, 6) is -1.12. The highest BCUT2D eigenvalue weighted by atomic mass is 35.5. The molecule has 9 heteroatoms. The summed E-state index contributed by atoms with van der Waals surface area (Å²) < 4.78 is 0. The first-order chi connectivity index (χ1) is 18.7. The van der Waals surface area contributed by atoms with Crippen molar-refractivity contribution in [3.8, 4) is 11.5 Å². The molecular formula is C31H43ClN2O6. The van der Waals surface area contributed by atoms with Gasteiger partial charge in [-0.1, -0.05) is 56.2 Å². The van der Waals surface area contributed by atoms with Gasteiger partial charge in [-0.3, -0.25) is 14.6 Å². The van der Waals surface area contributed by atoms with Gasteiger partial charge in [0.15, 0.2) is 0 Å². The van der Waals surface area contributed by atoms with E-state index < -0.39 is 17.9 Å². The largest absolute Gasteiger partial charge is 0.507 e. The zero-order valence-electron chi connectivity index (χ0n) is 24.4. The number of allylic oxidation sites excluding steroid dienone is 4. The van der Waals surface area contributed by atoms with Crippen molar-refractivity contribution < 1.29 is 29.7 Å². The van der Waals surface area contributed by atoms with Crippen LogP contribution in [-0.2, 0) is 20.8 Å². The van der Waals surface area contributed by atoms with Crippen LogP contribution >= 0.6 is 11.6 Å².